The lowest BCUT2D eigenvalue weighted by molar-refractivity contribution is 0.217. The summed E-state index contributed by atoms with van der Waals surface area (Å²) in [4.78, 5) is 0. The zero-order valence-corrected chi connectivity index (χ0v) is 7.44. The lowest BCUT2D eigenvalue weighted by Crippen LogP contribution is -2.31. The van der Waals surface area contributed by atoms with Gasteiger partial charge in [-0.25, -0.2) is 0 Å². The number of aliphatic hydroxyl groups is 1. The van der Waals surface area contributed by atoms with Crippen molar-refractivity contribution >= 4 is 5.57 Å². The van der Waals surface area contributed by atoms with Crippen molar-refractivity contribution in [2.45, 2.75) is 6.10 Å². The standard InChI is InChI=1S/C8H12N4O/c1-12-5-8(10-11-12)6-2-7(13)4-9-3-6/h2,5,7,9,13H,3-4H2,1H3. The fraction of sp³-hybridized carbons (Fsp3) is 0.500. The van der Waals surface area contributed by atoms with Crippen molar-refractivity contribution in [2.24, 2.45) is 7.05 Å². The molecule has 1 aliphatic rings. The molecule has 1 unspecified atom stereocenters. The largest absolute Gasteiger partial charge is 0.388 e. The van der Waals surface area contributed by atoms with Crippen molar-refractivity contribution in [3.8, 4) is 0 Å². The quantitative estimate of drug-likeness (QED) is 0.591. The van der Waals surface area contributed by atoms with Gasteiger partial charge in [0, 0.05) is 20.1 Å². The summed E-state index contributed by atoms with van der Waals surface area (Å²) >= 11 is 0. The van der Waals surface area contributed by atoms with Crippen LogP contribution in [0.15, 0.2) is 12.3 Å². The number of hydrogen-bond acceptors (Lipinski definition) is 4. The summed E-state index contributed by atoms with van der Waals surface area (Å²) in [6.45, 7) is 1.36. The molecule has 5 nitrogen and oxygen atoms in total. The second kappa shape index (κ2) is 3.27. The highest BCUT2D eigenvalue weighted by molar-refractivity contribution is 5.64. The molecule has 2 heterocycles. The Hall–Kier alpha value is -1.20. The van der Waals surface area contributed by atoms with Crippen LogP contribution in [-0.2, 0) is 7.05 Å². The summed E-state index contributed by atoms with van der Waals surface area (Å²) in [5.41, 5.74) is 1.83. The van der Waals surface area contributed by atoms with Gasteiger partial charge in [-0.2, -0.15) is 0 Å². The Morgan fingerprint density at radius 2 is 2.54 bits per heavy atom. The van der Waals surface area contributed by atoms with Crippen LogP contribution in [0.4, 0.5) is 0 Å². The highest BCUT2D eigenvalue weighted by atomic mass is 16.3. The Kier molecular flexibility index (Phi) is 2.12. The molecule has 0 fully saturated rings. The highest BCUT2D eigenvalue weighted by Gasteiger charge is 2.13. The zero-order chi connectivity index (χ0) is 9.26. The van der Waals surface area contributed by atoms with Gasteiger partial charge in [0.1, 0.15) is 5.69 Å². The third kappa shape index (κ3) is 1.76. The number of nitrogens with zero attached hydrogens (tertiary/aromatic N) is 3. The Balaban J connectivity index is 2.25. The van der Waals surface area contributed by atoms with Gasteiger partial charge >= 0.3 is 0 Å². The van der Waals surface area contributed by atoms with E-state index >= 15 is 0 Å². The maximum absolute atomic E-state index is 9.35. The summed E-state index contributed by atoms with van der Waals surface area (Å²) in [6.07, 6.45) is 3.25. The number of rotatable bonds is 1. The molecule has 2 N–H and O–H groups in total. The molecule has 2 rings (SSSR count). The second-order valence-corrected chi connectivity index (χ2v) is 3.17. The molecule has 0 radical (unpaired) electrons. The van der Waals surface area contributed by atoms with Crippen LogP contribution in [-0.4, -0.2) is 39.3 Å². The molecule has 0 aromatic carbocycles. The van der Waals surface area contributed by atoms with Crippen LogP contribution < -0.4 is 5.32 Å². The summed E-state index contributed by atoms with van der Waals surface area (Å²) in [7, 11) is 1.82. The lowest BCUT2D eigenvalue weighted by Gasteiger charge is -2.16. The van der Waals surface area contributed by atoms with Crippen LogP contribution in [0.25, 0.3) is 5.57 Å². The predicted octanol–water partition coefficient (Wildman–Crippen LogP) is -0.837. The van der Waals surface area contributed by atoms with Crippen molar-refractivity contribution in [1.29, 1.82) is 0 Å². The monoisotopic (exact) mass is 180 g/mol. The van der Waals surface area contributed by atoms with Crippen LogP contribution in [0, 0.1) is 0 Å². The Morgan fingerprint density at radius 1 is 1.69 bits per heavy atom. The van der Waals surface area contributed by atoms with Crippen LogP contribution in [0.3, 0.4) is 0 Å². The van der Waals surface area contributed by atoms with E-state index in [1.807, 2.05) is 19.3 Å². The van der Waals surface area contributed by atoms with Gasteiger partial charge in [0.05, 0.1) is 12.3 Å². The van der Waals surface area contributed by atoms with Crippen LogP contribution in [0.1, 0.15) is 5.69 Å². The molecule has 0 saturated heterocycles. The van der Waals surface area contributed by atoms with Crippen LogP contribution in [0.2, 0.25) is 0 Å². The van der Waals surface area contributed by atoms with E-state index in [-0.39, 0.29) is 0 Å². The minimum Gasteiger partial charge on any atom is -0.388 e. The van der Waals surface area contributed by atoms with Gasteiger partial charge in [-0.3, -0.25) is 4.68 Å². The molecule has 0 aliphatic carbocycles. The molecule has 1 atom stereocenters. The average Bonchev–Trinajstić information content (AvgIpc) is 2.52. The van der Waals surface area contributed by atoms with E-state index in [4.69, 9.17) is 0 Å². The van der Waals surface area contributed by atoms with Gasteiger partial charge in [0.2, 0.25) is 0 Å². The SMILES string of the molecule is Cn1cc(C2=CC(O)CNC2)nn1. The predicted molar refractivity (Wildman–Crippen MR) is 47.9 cm³/mol. The van der Waals surface area contributed by atoms with Crippen LogP contribution in [0.5, 0.6) is 0 Å². The smallest absolute Gasteiger partial charge is 0.110 e. The zero-order valence-electron chi connectivity index (χ0n) is 7.44. The van der Waals surface area contributed by atoms with Gasteiger partial charge in [-0.15, -0.1) is 5.10 Å². The Morgan fingerprint density at radius 3 is 3.15 bits per heavy atom. The number of aromatic nitrogens is 3. The van der Waals surface area contributed by atoms with Crippen molar-refractivity contribution in [3.05, 3.63) is 18.0 Å². The molecule has 0 bridgehead atoms. The first-order chi connectivity index (χ1) is 6.25. The number of β-amino-alcohol motifs (C(OH)–C–C–N with tert-alkyl or cyclic N) is 1. The first-order valence-electron chi connectivity index (χ1n) is 4.22. The minimum atomic E-state index is -0.411. The summed E-state index contributed by atoms with van der Waals surface area (Å²) < 4.78 is 1.65. The fourth-order valence-corrected chi connectivity index (χ4v) is 1.38. The molecule has 0 saturated carbocycles. The third-order valence-electron chi connectivity index (χ3n) is 1.99. The van der Waals surface area contributed by atoms with Gasteiger partial charge < -0.3 is 10.4 Å². The van der Waals surface area contributed by atoms with Gasteiger partial charge in [-0.05, 0) is 11.6 Å². The molecule has 1 aromatic rings. The summed E-state index contributed by atoms with van der Waals surface area (Å²) in [5.74, 6) is 0. The van der Waals surface area contributed by atoms with Crippen molar-refractivity contribution in [3.63, 3.8) is 0 Å². The average molecular weight is 180 g/mol. The number of aliphatic hydroxyl groups excluding tert-OH is 1. The minimum absolute atomic E-state index is 0.411. The van der Waals surface area contributed by atoms with Gasteiger partial charge in [-0.1, -0.05) is 5.21 Å². The maximum Gasteiger partial charge on any atom is 0.110 e. The summed E-state index contributed by atoms with van der Waals surface area (Å²) in [5, 5.41) is 20.3. The normalized spacial score (nSPS) is 22.9. The molecule has 1 aromatic heterocycles. The van der Waals surface area contributed by atoms with E-state index in [1.54, 1.807) is 4.68 Å². The van der Waals surface area contributed by atoms with Crippen LogP contribution >= 0.6 is 0 Å². The number of hydrogen-bond donors (Lipinski definition) is 2. The fourth-order valence-electron chi connectivity index (χ4n) is 1.38. The van der Waals surface area contributed by atoms with Crippen molar-refractivity contribution in [1.82, 2.24) is 20.3 Å². The topological polar surface area (TPSA) is 63.0 Å². The van der Waals surface area contributed by atoms with E-state index in [1.165, 1.54) is 0 Å². The Labute approximate surface area is 76.1 Å². The molecule has 13 heavy (non-hydrogen) atoms. The summed E-state index contributed by atoms with van der Waals surface area (Å²) in [6, 6.07) is 0. The first kappa shape index (κ1) is 8.40. The second-order valence-electron chi connectivity index (χ2n) is 3.17. The molecule has 5 heteroatoms. The molecule has 0 spiro atoms. The van der Waals surface area contributed by atoms with E-state index in [0.717, 1.165) is 17.8 Å². The maximum atomic E-state index is 9.35. The van der Waals surface area contributed by atoms with E-state index in [9.17, 15) is 5.11 Å². The van der Waals surface area contributed by atoms with Crippen molar-refractivity contribution in [2.75, 3.05) is 13.1 Å². The Bertz CT molecular complexity index is 331. The van der Waals surface area contributed by atoms with Crippen molar-refractivity contribution < 1.29 is 5.11 Å². The molecular weight excluding hydrogens is 168 g/mol. The molecule has 1 aliphatic heterocycles. The van der Waals surface area contributed by atoms with E-state index < -0.39 is 6.10 Å². The number of aryl methyl sites for hydroxylation is 1. The van der Waals surface area contributed by atoms with Gasteiger partial charge in [0.15, 0.2) is 0 Å². The van der Waals surface area contributed by atoms with E-state index in [2.05, 4.69) is 15.6 Å². The third-order valence-corrected chi connectivity index (χ3v) is 1.99. The highest BCUT2D eigenvalue weighted by Crippen LogP contribution is 2.13. The molecule has 0 amide bonds. The number of nitrogens with one attached hydrogen (secondary N) is 1. The van der Waals surface area contributed by atoms with E-state index in [0.29, 0.717) is 6.54 Å². The first-order valence-corrected chi connectivity index (χ1v) is 4.22. The van der Waals surface area contributed by atoms with Gasteiger partial charge in [0.25, 0.3) is 0 Å². The lowest BCUT2D eigenvalue weighted by atomic mass is 10.1. The molecule has 70 valence electrons. The molecular formula is C8H12N4O.